The van der Waals surface area contributed by atoms with Gasteiger partial charge >= 0.3 is 116 Å². The molecule has 0 bridgehead atoms. The molecule has 0 aromatic heterocycles. The SMILES string of the molecule is O=[N+]([O-])c1ccc2c(c1)I(I)c1ccccc1-2. The molecule has 0 aliphatic carbocycles. The van der Waals surface area contributed by atoms with Gasteiger partial charge in [0.05, 0.1) is 0 Å². The van der Waals surface area contributed by atoms with Crippen LogP contribution in [-0.4, -0.2) is 4.92 Å². The van der Waals surface area contributed by atoms with Crippen LogP contribution in [0.25, 0.3) is 11.1 Å². The van der Waals surface area contributed by atoms with Gasteiger partial charge in [0.25, 0.3) is 0 Å². The number of non-ortho nitro benzene ring substituents is 1. The maximum atomic E-state index is 10.8. The third-order valence-electron chi connectivity index (χ3n) is 2.69. The monoisotopic (exact) mass is 451 g/mol. The quantitative estimate of drug-likeness (QED) is 0.365. The summed E-state index contributed by atoms with van der Waals surface area (Å²) in [6, 6.07) is 13.6. The average Bonchev–Trinajstić information content (AvgIpc) is 2.64. The standard InChI is InChI=1S/C12H7I2NO2/c13-14-11-4-2-1-3-9(11)10-6-5-8(15(16)17)7-12(10)14/h1-7H. The van der Waals surface area contributed by atoms with Gasteiger partial charge in [-0.05, 0) is 0 Å². The van der Waals surface area contributed by atoms with E-state index in [4.69, 9.17) is 0 Å². The normalized spacial score (nSPS) is 14.3. The van der Waals surface area contributed by atoms with Crippen molar-refractivity contribution in [3.8, 4) is 11.1 Å². The second kappa shape index (κ2) is 4.20. The first-order valence-electron chi connectivity index (χ1n) is 4.92. The van der Waals surface area contributed by atoms with E-state index in [1.165, 1.54) is 18.3 Å². The summed E-state index contributed by atoms with van der Waals surface area (Å²) >= 11 is 1.05. The predicted molar refractivity (Wildman–Crippen MR) is 84.0 cm³/mol. The molecular weight excluding hydrogens is 444 g/mol. The van der Waals surface area contributed by atoms with Crippen LogP contribution in [0.5, 0.6) is 0 Å². The summed E-state index contributed by atoms with van der Waals surface area (Å²) in [4.78, 5) is 10.5. The zero-order chi connectivity index (χ0) is 12.0. The number of hydrogen-bond acceptors (Lipinski definition) is 2. The van der Waals surface area contributed by atoms with Crippen molar-refractivity contribution < 1.29 is 4.92 Å². The molecule has 1 aliphatic heterocycles. The number of nitro groups is 1. The van der Waals surface area contributed by atoms with Crippen LogP contribution in [0.1, 0.15) is 0 Å². The van der Waals surface area contributed by atoms with Crippen molar-refractivity contribution in [1.29, 1.82) is 0 Å². The molecule has 0 saturated carbocycles. The van der Waals surface area contributed by atoms with E-state index in [0.717, 1.165) is 0 Å². The number of benzene rings is 2. The van der Waals surface area contributed by atoms with Crippen LogP contribution in [0.3, 0.4) is 0 Å². The minimum absolute atomic E-state index is 0.204. The Morgan fingerprint density at radius 3 is 2.53 bits per heavy atom. The van der Waals surface area contributed by atoms with E-state index < -0.39 is 15.8 Å². The molecule has 17 heavy (non-hydrogen) atoms. The van der Waals surface area contributed by atoms with Gasteiger partial charge in [0, 0.05) is 0 Å². The molecule has 0 N–H and O–H groups in total. The maximum absolute atomic E-state index is 10.8. The van der Waals surface area contributed by atoms with Crippen LogP contribution in [0.2, 0.25) is 0 Å². The van der Waals surface area contributed by atoms with E-state index in [0.29, 0.717) is 0 Å². The second-order valence-corrected chi connectivity index (χ2v) is 12.8. The van der Waals surface area contributed by atoms with E-state index in [9.17, 15) is 10.1 Å². The fourth-order valence-electron chi connectivity index (χ4n) is 1.91. The number of rotatable bonds is 1. The van der Waals surface area contributed by atoms with Crippen LogP contribution >= 0.6 is 34.5 Å². The molecule has 0 atom stereocenters. The summed E-state index contributed by atoms with van der Waals surface area (Å²) in [7, 11) is 0. The summed E-state index contributed by atoms with van der Waals surface area (Å²) in [6.45, 7) is 0. The Kier molecular flexibility index (Phi) is 2.81. The van der Waals surface area contributed by atoms with Crippen molar-refractivity contribution in [3.05, 3.63) is 59.7 Å². The van der Waals surface area contributed by atoms with Gasteiger partial charge in [-0.3, -0.25) is 0 Å². The van der Waals surface area contributed by atoms with Crippen molar-refractivity contribution in [2.75, 3.05) is 0 Å². The van der Waals surface area contributed by atoms with Gasteiger partial charge in [0.2, 0.25) is 0 Å². The second-order valence-electron chi connectivity index (χ2n) is 3.64. The molecule has 0 amide bonds. The fourth-order valence-corrected chi connectivity index (χ4v) is 10.3. The molecule has 0 fully saturated rings. The van der Waals surface area contributed by atoms with Crippen LogP contribution in [0, 0.1) is 17.3 Å². The third-order valence-corrected chi connectivity index (χ3v) is 12.5. The Labute approximate surface area is 115 Å². The number of fused-ring (bicyclic) bond motifs is 3. The number of halogens is 2. The Hall–Kier alpha value is -0.700. The zero-order valence-electron chi connectivity index (χ0n) is 8.56. The van der Waals surface area contributed by atoms with Gasteiger partial charge in [-0.25, -0.2) is 0 Å². The van der Waals surface area contributed by atoms with E-state index in [1.807, 2.05) is 18.2 Å². The first-order chi connectivity index (χ1) is 8.18. The van der Waals surface area contributed by atoms with Gasteiger partial charge in [0.1, 0.15) is 0 Å². The topological polar surface area (TPSA) is 43.1 Å². The van der Waals surface area contributed by atoms with Crippen LogP contribution < -0.4 is 0 Å². The first-order valence-corrected chi connectivity index (χ1v) is 13.4. The summed E-state index contributed by atoms with van der Waals surface area (Å²) in [5.41, 5.74) is 2.65. The number of nitrogens with zero attached hydrogens (tertiary/aromatic N) is 1. The van der Waals surface area contributed by atoms with Crippen LogP contribution in [-0.2, 0) is 0 Å². The molecule has 0 radical (unpaired) electrons. The van der Waals surface area contributed by atoms with Gasteiger partial charge < -0.3 is 0 Å². The third kappa shape index (κ3) is 1.75. The van der Waals surface area contributed by atoms with E-state index in [2.05, 4.69) is 30.7 Å². The van der Waals surface area contributed by atoms with Crippen LogP contribution in [0.4, 0.5) is 5.69 Å². The molecule has 0 unspecified atom stereocenters. The minimum atomic E-state index is -1.43. The van der Waals surface area contributed by atoms with Gasteiger partial charge in [-0.15, -0.1) is 0 Å². The van der Waals surface area contributed by atoms with Crippen molar-refractivity contribution in [2.45, 2.75) is 0 Å². The van der Waals surface area contributed by atoms with E-state index in [-0.39, 0.29) is 10.6 Å². The van der Waals surface area contributed by atoms with Gasteiger partial charge in [-0.1, -0.05) is 0 Å². The Morgan fingerprint density at radius 1 is 1.06 bits per heavy atom. The summed E-state index contributed by atoms with van der Waals surface area (Å²) in [6.07, 6.45) is 0. The molecule has 1 aliphatic rings. The summed E-state index contributed by atoms with van der Waals surface area (Å²) in [5, 5.41) is 10.8. The van der Waals surface area contributed by atoms with E-state index in [1.54, 1.807) is 12.1 Å². The van der Waals surface area contributed by atoms with Gasteiger partial charge in [0.15, 0.2) is 0 Å². The van der Waals surface area contributed by atoms with Crippen molar-refractivity contribution >= 4 is 40.1 Å². The number of hydrogen-bond donors (Lipinski definition) is 0. The number of nitro benzene ring substituents is 1. The first kappa shape index (κ1) is 11.4. The molecule has 5 heteroatoms. The molecule has 0 spiro atoms. The predicted octanol–water partition coefficient (Wildman–Crippen LogP) is 4.47. The van der Waals surface area contributed by atoms with Crippen molar-refractivity contribution in [3.63, 3.8) is 0 Å². The molecule has 3 nitrogen and oxygen atoms in total. The molecular formula is C12H7I2NO2. The van der Waals surface area contributed by atoms with E-state index >= 15 is 0 Å². The average molecular weight is 451 g/mol. The molecule has 1 heterocycles. The molecule has 2 aromatic rings. The molecule has 3 rings (SSSR count). The van der Waals surface area contributed by atoms with Crippen molar-refractivity contribution in [1.82, 2.24) is 0 Å². The molecule has 86 valence electrons. The molecule has 2 aromatic carbocycles. The summed E-state index contributed by atoms with van der Waals surface area (Å²) in [5.74, 6) is 0. The zero-order valence-corrected chi connectivity index (χ0v) is 12.9. The summed E-state index contributed by atoms with van der Waals surface area (Å²) < 4.78 is 2.60. The Morgan fingerprint density at radius 2 is 1.76 bits per heavy atom. The Balaban J connectivity index is 2.24. The fraction of sp³-hybridized carbons (Fsp3) is 0. The van der Waals surface area contributed by atoms with Crippen LogP contribution in [0.15, 0.2) is 42.5 Å². The van der Waals surface area contributed by atoms with Crippen molar-refractivity contribution in [2.24, 2.45) is 0 Å². The molecule has 0 saturated heterocycles. The Bertz CT molecular complexity index is 628. The van der Waals surface area contributed by atoms with Gasteiger partial charge in [-0.2, -0.15) is 0 Å².